The molecule has 1 unspecified atom stereocenters. The molecule has 1 aromatic rings. The van der Waals surface area contributed by atoms with Crippen LogP contribution in [0, 0.1) is 5.92 Å². The van der Waals surface area contributed by atoms with Crippen LogP contribution < -0.4 is 26.2 Å². The molecule has 1 aliphatic rings. The normalized spacial score (nSPS) is 18.2. The zero-order chi connectivity index (χ0) is 26.1. The van der Waals surface area contributed by atoms with E-state index in [4.69, 9.17) is 10.2 Å². The van der Waals surface area contributed by atoms with E-state index in [1.54, 1.807) is 13.8 Å². The monoisotopic (exact) mass is 491 g/mol. The van der Waals surface area contributed by atoms with E-state index in [-0.39, 0.29) is 11.8 Å². The SMILES string of the molecule is CC(C)[C@H](NC(=O)C1CNCCN1c1ccccc1)C(=O)N[C@@H](C)C(=O)N[C@@H](CC(=O)O)C(=O)O. The number of para-hydroxylation sites is 1. The van der Waals surface area contributed by atoms with E-state index in [0.717, 1.165) is 5.69 Å². The van der Waals surface area contributed by atoms with E-state index in [1.165, 1.54) is 6.92 Å². The molecule has 0 radical (unpaired) electrons. The van der Waals surface area contributed by atoms with Gasteiger partial charge in [-0.05, 0) is 25.0 Å². The third kappa shape index (κ3) is 7.95. The number of carboxylic acids is 2. The summed E-state index contributed by atoms with van der Waals surface area (Å²) in [6.45, 7) is 6.55. The van der Waals surface area contributed by atoms with Crippen molar-refractivity contribution in [3.8, 4) is 0 Å². The van der Waals surface area contributed by atoms with E-state index in [1.807, 2.05) is 35.2 Å². The van der Waals surface area contributed by atoms with Gasteiger partial charge < -0.3 is 36.4 Å². The van der Waals surface area contributed by atoms with Gasteiger partial charge in [-0.25, -0.2) is 4.79 Å². The molecule has 1 saturated heterocycles. The van der Waals surface area contributed by atoms with Crippen molar-refractivity contribution in [2.75, 3.05) is 24.5 Å². The van der Waals surface area contributed by atoms with Crippen molar-refractivity contribution in [3.05, 3.63) is 30.3 Å². The summed E-state index contributed by atoms with van der Waals surface area (Å²) in [7, 11) is 0. The Hall–Kier alpha value is -3.67. The number of carbonyl (C=O) groups is 5. The minimum Gasteiger partial charge on any atom is -0.481 e. The zero-order valence-corrected chi connectivity index (χ0v) is 20.0. The molecule has 35 heavy (non-hydrogen) atoms. The average molecular weight is 492 g/mol. The molecule has 0 saturated carbocycles. The fourth-order valence-corrected chi connectivity index (χ4v) is 3.69. The van der Waals surface area contributed by atoms with Crippen molar-refractivity contribution in [1.82, 2.24) is 21.3 Å². The quantitative estimate of drug-likeness (QED) is 0.230. The highest BCUT2D eigenvalue weighted by Gasteiger charge is 2.34. The average Bonchev–Trinajstić information content (AvgIpc) is 2.81. The maximum Gasteiger partial charge on any atom is 0.326 e. The Balaban J connectivity index is 2.05. The van der Waals surface area contributed by atoms with Gasteiger partial charge in [0.1, 0.15) is 24.2 Å². The number of aliphatic carboxylic acids is 2. The molecule has 0 bridgehead atoms. The Labute approximate surface area is 203 Å². The topological polar surface area (TPSA) is 177 Å². The largest absolute Gasteiger partial charge is 0.481 e. The second-order valence-electron chi connectivity index (χ2n) is 8.71. The lowest BCUT2D eigenvalue weighted by molar-refractivity contribution is -0.147. The fraction of sp³-hybridized carbons (Fsp3) is 0.522. The van der Waals surface area contributed by atoms with Gasteiger partial charge in [0.05, 0.1) is 6.42 Å². The van der Waals surface area contributed by atoms with Crippen LogP contribution in [-0.2, 0) is 24.0 Å². The second kappa shape index (κ2) is 12.7. The molecule has 1 fully saturated rings. The number of hydrogen-bond donors (Lipinski definition) is 6. The molecular weight excluding hydrogens is 458 g/mol. The maximum absolute atomic E-state index is 13.2. The fourth-order valence-electron chi connectivity index (χ4n) is 3.69. The van der Waals surface area contributed by atoms with Crippen LogP contribution in [0.2, 0.25) is 0 Å². The molecule has 1 aliphatic heterocycles. The molecule has 1 heterocycles. The van der Waals surface area contributed by atoms with E-state index < -0.39 is 54.3 Å². The van der Waals surface area contributed by atoms with Crippen LogP contribution in [0.15, 0.2) is 30.3 Å². The van der Waals surface area contributed by atoms with Crippen LogP contribution in [0.1, 0.15) is 27.2 Å². The first kappa shape index (κ1) is 27.6. The van der Waals surface area contributed by atoms with Crippen LogP contribution >= 0.6 is 0 Å². The molecule has 12 nitrogen and oxygen atoms in total. The van der Waals surface area contributed by atoms with Crippen LogP contribution in [0.3, 0.4) is 0 Å². The minimum absolute atomic E-state index is 0.310. The number of nitrogens with zero attached hydrogens (tertiary/aromatic N) is 1. The number of benzene rings is 1. The van der Waals surface area contributed by atoms with E-state index in [9.17, 15) is 24.0 Å². The highest BCUT2D eigenvalue weighted by Crippen LogP contribution is 2.18. The molecule has 4 atom stereocenters. The Morgan fingerprint density at radius 2 is 1.66 bits per heavy atom. The lowest BCUT2D eigenvalue weighted by atomic mass is 10.0. The summed E-state index contributed by atoms with van der Waals surface area (Å²) < 4.78 is 0. The molecule has 0 spiro atoms. The first-order valence-electron chi connectivity index (χ1n) is 11.4. The van der Waals surface area contributed by atoms with Crippen molar-refractivity contribution in [2.45, 2.75) is 51.4 Å². The molecule has 1 aromatic carbocycles. The lowest BCUT2D eigenvalue weighted by Gasteiger charge is -2.38. The number of amides is 3. The van der Waals surface area contributed by atoms with Gasteiger partial charge in [-0.3, -0.25) is 19.2 Å². The molecule has 6 N–H and O–H groups in total. The highest BCUT2D eigenvalue weighted by atomic mass is 16.4. The number of carboxylic acid groups (broad SMARTS) is 2. The standard InChI is InChI=1S/C23H33N5O7/c1-13(2)19(22(33)25-14(3)20(31)26-16(23(34)35)11-18(29)30)27-21(32)17-12-24-9-10-28(17)15-7-5-4-6-8-15/h4-8,13-14,16-17,19,24H,9-12H2,1-3H3,(H,25,33)(H,26,31)(H,27,32)(H,29,30)(H,34,35)/t14-,16-,17?,19-/m0/s1. The predicted molar refractivity (Wildman–Crippen MR) is 127 cm³/mol. The Morgan fingerprint density at radius 3 is 2.23 bits per heavy atom. The van der Waals surface area contributed by atoms with Crippen molar-refractivity contribution in [1.29, 1.82) is 0 Å². The van der Waals surface area contributed by atoms with E-state index in [2.05, 4.69) is 21.3 Å². The number of carbonyl (C=O) groups excluding carboxylic acids is 3. The summed E-state index contributed by atoms with van der Waals surface area (Å²) in [5, 5.41) is 28.5. The van der Waals surface area contributed by atoms with Crippen molar-refractivity contribution >= 4 is 35.3 Å². The van der Waals surface area contributed by atoms with Crippen molar-refractivity contribution in [2.24, 2.45) is 5.92 Å². The second-order valence-corrected chi connectivity index (χ2v) is 8.71. The number of nitrogens with one attached hydrogen (secondary N) is 4. The maximum atomic E-state index is 13.2. The molecular formula is C23H33N5O7. The van der Waals surface area contributed by atoms with Gasteiger partial charge in [-0.1, -0.05) is 32.0 Å². The van der Waals surface area contributed by atoms with E-state index in [0.29, 0.717) is 19.6 Å². The highest BCUT2D eigenvalue weighted by molar-refractivity contribution is 5.95. The number of anilines is 1. The molecule has 3 amide bonds. The Bertz CT molecular complexity index is 924. The first-order valence-corrected chi connectivity index (χ1v) is 11.4. The zero-order valence-electron chi connectivity index (χ0n) is 20.0. The van der Waals surface area contributed by atoms with Gasteiger partial charge >= 0.3 is 11.9 Å². The van der Waals surface area contributed by atoms with Gasteiger partial charge in [0.15, 0.2) is 0 Å². The third-order valence-electron chi connectivity index (χ3n) is 5.63. The number of rotatable bonds is 11. The van der Waals surface area contributed by atoms with Gasteiger partial charge in [0.25, 0.3) is 0 Å². The third-order valence-corrected chi connectivity index (χ3v) is 5.63. The summed E-state index contributed by atoms with van der Waals surface area (Å²) in [6.07, 6.45) is -0.806. The number of piperazine rings is 1. The van der Waals surface area contributed by atoms with Gasteiger partial charge in [-0.15, -0.1) is 0 Å². The van der Waals surface area contributed by atoms with Crippen molar-refractivity contribution in [3.63, 3.8) is 0 Å². The molecule has 0 aromatic heterocycles. The van der Waals surface area contributed by atoms with Gasteiger partial charge in [0.2, 0.25) is 17.7 Å². The Morgan fingerprint density at radius 1 is 1.00 bits per heavy atom. The first-order chi connectivity index (χ1) is 16.5. The molecule has 192 valence electrons. The smallest absolute Gasteiger partial charge is 0.326 e. The van der Waals surface area contributed by atoms with Gasteiger partial charge in [-0.2, -0.15) is 0 Å². The predicted octanol–water partition coefficient (Wildman–Crippen LogP) is -0.846. The minimum atomic E-state index is -1.64. The molecule has 2 rings (SSSR count). The summed E-state index contributed by atoms with van der Waals surface area (Å²) in [4.78, 5) is 62.4. The summed E-state index contributed by atoms with van der Waals surface area (Å²) in [5.74, 6) is -5.02. The summed E-state index contributed by atoms with van der Waals surface area (Å²) in [6, 6.07) is 5.18. The Kier molecular flexibility index (Phi) is 10.0. The van der Waals surface area contributed by atoms with Crippen LogP contribution in [0.5, 0.6) is 0 Å². The van der Waals surface area contributed by atoms with Gasteiger partial charge in [0, 0.05) is 25.3 Å². The summed E-state index contributed by atoms with van der Waals surface area (Å²) >= 11 is 0. The number of hydrogen-bond acceptors (Lipinski definition) is 7. The molecule has 0 aliphatic carbocycles. The van der Waals surface area contributed by atoms with Crippen molar-refractivity contribution < 1.29 is 34.2 Å². The van der Waals surface area contributed by atoms with E-state index >= 15 is 0 Å². The van der Waals surface area contributed by atoms with Crippen LogP contribution in [0.4, 0.5) is 5.69 Å². The molecule has 12 heteroatoms. The lowest BCUT2D eigenvalue weighted by Crippen LogP contribution is -2.62. The summed E-state index contributed by atoms with van der Waals surface area (Å²) in [5.41, 5.74) is 0.888. The van der Waals surface area contributed by atoms with Crippen LogP contribution in [0.25, 0.3) is 0 Å². The van der Waals surface area contributed by atoms with Crippen LogP contribution in [-0.4, -0.2) is 83.7 Å².